The van der Waals surface area contributed by atoms with Crippen molar-refractivity contribution in [1.29, 1.82) is 0 Å². The van der Waals surface area contributed by atoms with E-state index in [4.69, 9.17) is 5.73 Å². The second-order valence-electron chi connectivity index (χ2n) is 3.73. The lowest BCUT2D eigenvalue weighted by Gasteiger charge is -2.02. The Morgan fingerprint density at radius 2 is 2.19 bits per heavy atom. The Kier molecular flexibility index (Phi) is 2.85. The van der Waals surface area contributed by atoms with Crippen molar-refractivity contribution < 1.29 is 0 Å². The highest BCUT2D eigenvalue weighted by atomic mass is 15.3. The molecule has 0 unspecified atom stereocenters. The topological polar surface area (TPSA) is 69.6 Å². The SMILES string of the molecule is CCCc1cc(N)nc(-c2ccn(C)n2)n1. The lowest BCUT2D eigenvalue weighted by molar-refractivity contribution is 0.767. The highest BCUT2D eigenvalue weighted by Crippen LogP contribution is 2.15. The van der Waals surface area contributed by atoms with Gasteiger partial charge in [-0.15, -0.1) is 0 Å². The van der Waals surface area contributed by atoms with E-state index in [1.165, 1.54) is 0 Å². The van der Waals surface area contributed by atoms with Crippen LogP contribution in [0.2, 0.25) is 0 Å². The molecule has 0 saturated carbocycles. The number of nitrogens with zero attached hydrogens (tertiary/aromatic N) is 4. The van der Waals surface area contributed by atoms with Crippen molar-refractivity contribution in [2.24, 2.45) is 7.05 Å². The molecule has 0 radical (unpaired) electrons. The van der Waals surface area contributed by atoms with Crippen LogP contribution in [0.25, 0.3) is 11.5 Å². The lowest BCUT2D eigenvalue weighted by atomic mass is 10.2. The number of hydrogen-bond donors (Lipinski definition) is 1. The van der Waals surface area contributed by atoms with Crippen molar-refractivity contribution in [3.63, 3.8) is 0 Å². The van der Waals surface area contributed by atoms with Gasteiger partial charge in [0, 0.05) is 25.0 Å². The first kappa shape index (κ1) is 10.6. The summed E-state index contributed by atoms with van der Waals surface area (Å²) in [5.74, 6) is 1.10. The average molecular weight is 217 g/mol. The number of rotatable bonds is 3. The van der Waals surface area contributed by atoms with E-state index >= 15 is 0 Å². The first-order chi connectivity index (χ1) is 7.69. The number of nitrogen functional groups attached to an aromatic ring is 1. The van der Waals surface area contributed by atoms with Gasteiger partial charge >= 0.3 is 0 Å². The molecule has 2 heterocycles. The summed E-state index contributed by atoms with van der Waals surface area (Å²) in [5, 5.41) is 4.26. The third-order valence-corrected chi connectivity index (χ3v) is 2.25. The molecular weight excluding hydrogens is 202 g/mol. The van der Waals surface area contributed by atoms with Crippen LogP contribution in [-0.4, -0.2) is 19.7 Å². The van der Waals surface area contributed by atoms with E-state index in [9.17, 15) is 0 Å². The van der Waals surface area contributed by atoms with Gasteiger partial charge < -0.3 is 5.73 Å². The van der Waals surface area contributed by atoms with Crippen LogP contribution in [0.4, 0.5) is 5.82 Å². The Hall–Kier alpha value is -1.91. The van der Waals surface area contributed by atoms with Crippen LogP contribution in [0, 0.1) is 0 Å². The molecule has 0 atom stereocenters. The fraction of sp³-hybridized carbons (Fsp3) is 0.364. The van der Waals surface area contributed by atoms with Crippen molar-refractivity contribution in [2.45, 2.75) is 19.8 Å². The molecular formula is C11H15N5. The monoisotopic (exact) mass is 217 g/mol. The maximum Gasteiger partial charge on any atom is 0.182 e. The molecule has 0 aliphatic heterocycles. The maximum absolute atomic E-state index is 5.75. The molecule has 0 aliphatic rings. The van der Waals surface area contributed by atoms with Crippen molar-refractivity contribution in [3.8, 4) is 11.5 Å². The Morgan fingerprint density at radius 3 is 2.81 bits per heavy atom. The van der Waals surface area contributed by atoms with Crippen LogP contribution in [0.1, 0.15) is 19.0 Å². The molecule has 5 nitrogen and oxygen atoms in total. The predicted molar refractivity (Wildman–Crippen MR) is 62.6 cm³/mol. The second-order valence-corrected chi connectivity index (χ2v) is 3.73. The zero-order valence-corrected chi connectivity index (χ0v) is 9.51. The molecule has 0 aliphatic carbocycles. The first-order valence-corrected chi connectivity index (χ1v) is 5.32. The molecule has 0 spiro atoms. The Morgan fingerprint density at radius 1 is 1.38 bits per heavy atom. The molecule has 2 aromatic rings. The summed E-state index contributed by atoms with van der Waals surface area (Å²) in [6.45, 7) is 2.11. The fourth-order valence-electron chi connectivity index (χ4n) is 1.55. The van der Waals surface area contributed by atoms with Crippen molar-refractivity contribution in [2.75, 3.05) is 5.73 Å². The smallest absolute Gasteiger partial charge is 0.182 e. The molecule has 0 saturated heterocycles. The minimum absolute atomic E-state index is 0.499. The molecule has 0 fully saturated rings. The van der Waals surface area contributed by atoms with Gasteiger partial charge in [-0.25, -0.2) is 9.97 Å². The normalized spacial score (nSPS) is 10.6. The predicted octanol–water partition coefficient (Wildman–Crippen LogP) is 1.41. The van der Waals surface area contributed by atoms with E-state index in [-0.39, 0.29) is 0 Å². The average Bonchev–Trinajstić information content (AvgIpc) is 2.64. The van der Waals surface area contributed by atoms with Gasteiger partial charge in [-0.1, -0.05) is 13.3 Å². The molecule has 0 aromatic carbocycles. The van der Waals surface area contributed by atoms with Gasteiger partial charge in [0.2, 0.25) is 0 Å². The van der Waals surface area contributed by atoms with Gasteiger partial charge in [0.05, 0.1) is 0 Å². The van der Waals surface area contributed by atoms with Crippen molar-refractivity contribution in [3.05, 3.63) is 24.0 Å². The van der Waals surface area contributed by atoms with Crippen LogP contribution in [0.3, 0.4) is 0 Å². The van der Waals surface area contributed by atoms with Gasteiger partial charge in [-0.3, -0.25) is 4.68 Å². The molecule has 16 heavy (non-hydrogen) atoms. The van der Waals surface area contributed by atoms with E-state index < -0.39 is 0 Å². The Bertz CT molecular complexity index is 489. The Labute approximate surface area is 94.3 Å². The van der Waals surface area contributed by atoms with Crippen LogP contribution >= 0.6 is 0 Å². The standard InChI is InChI=1S/C11H15N5/c1-3-4-8-7-10(12)14-11(13-8)9-5-6-16(2)15-9/h5-7H,3-4H2,1-2H3,(H2,12,13,14). The molecule has 0 amide bonds. The molecule has 84 valence electrons. The number of nitrogens with two attached hydrogens (primary N) is 1. The second kappa shape index (κ2) is 4.30. The summed E-state index contributed by atoms with van der Waals surface area (Å²) in [6, 6.07) is 3.69. The summed E-state index contributed by atoms with van der Waals surface area (Å²) < 4.78 is 1.72. The third kappa shape index (κ3) is 2.18. The van der Waals surface area contributed by atoms with E-state index in [0.717, 1.165) is 24.2 Å². The molecule has 0 bridgehead atoms. The number of anilines is 1. The minimum Gasteiger partial charge on any atom is -0.384 e. The van der Waals surface area contributed by atoms with Gasteiger partial charge in [-0.05, 0) is 12.5 Å². The molecule has 5 heteroatoms. The third-order valence-electron chi connectivity index (χ3n) is 2.25. The van der Waals surface area contributed by atoms with E-state index in [1.54, 1.807) is 4.68 Å². The highest BCUT2D eigenvalue weighted by molar-refractivity contribution is 5.51. The van der Waals surface area contributed by atoms with E-state index in [2.05, 4.69) is 22.0 Å². The van der Waals surface area contributed by atoms with E-state index in [1.807, 2.05) is 25.4 Å². The fourth-order valence-corrected chi connectivity index (χ4v) is 1.55. The van der Waals surface area contributed by atoms with Gasteiger partial charge in [-0.2, -0.15) is 5.10 Å². The Balaban J connectivity index is 2.40. The summed E-state index contributed by atoms with van der Waals surface area (Å²) >= 11 is 0. The summed E-state index contributed by atoms with van der Waals surface area (Å²) in [5.41, 5.74) is 7.47. The number of hydrogen-bond acceptors (Lipinski definition) is 4. The van der Waals surface area contributed by atoms with Gasteiger partial charge in [0.1, 0.15) is 11.5 Å². The molecule has 2 aromatic heterocycles. The molecule has 2 rings (SSSR count). The highest BCUT2D eigenvalue weighted by Gasteiger charge is 2.07. The largest absolute Gasteiger partial charge is 0.384 e. The summed E-state index contributed by atoms with van der Waals surface area (Å²) in [6.07, 6.45) is 3.81. The molecule has 2 N–H and O–H groups in total. The van der Waals surface area contributed by atoms with Crippen LogP contribution in [-0.2, 0) is 13.5 Å². The van der Waals surface area contributed by atoms with Crippen LogP contribution < -0.4 is 5.73 Å². The van der Waals surface area contributed by atoms with E-state index in [0.29, 0.717) is 11.6 Å². The number of aryl methyl sites for hydroxylation is 2. The summed E-state index contributed by atoms with van der Waals surface area (Å²) in [7, 11) is 1.86. The summed E-state index contributed by atoms with van der Waals surface area (Å²) in [4.78, 5) is 8.63. The minimum atomic E-state index is 0.499. The zero-order valence-electron chi connectivity index (χ0n) is 9.51. The first-order valence-electron chi connectivity index (χ1n) is 5.32. The van der Waals surface area contributed by atoms with Gasteiger partial charge in [0.15, 0.2) is 5.82 Å². The quantitative estimate of drug-likeness (QED) is 0.844. The van der Waals surface area contributed by atoms with Gasteiger partial charge in [0.25, 0.3) is 0 Å². The van der Waals surface area contributed by atoms with Crippen molar-refractivity contribution in [1.82, 2.24) is 19.7 Å². The number of aromatic nitrogens is 4. The van der Waals surface area contributed by atoms with Crippen LogP contribution in [0.15, 0.2) is 18.3 Å². The maximum atomic E-state index is 5.75. The van der Waals surface area contributed by atoms with Crippen LogP contribution in [0.5, 0.6) is 0 Å². The lowest BCUT2D eigenvalue weighted by Crippen LogP contribution is -2.01. The van der Waals surface area contributed by atoms with Crippen molar-refractivity contribution >= 4 is 5.82 Å². The zero-order chi connectivity index (χ0) is 11.5.